The second kappa shape index (κ2) is 37.3. The van der Waals surface area contributed by atoms with Gasteiger partial charge in [-0.15, -0.1) is 0 Å². The summed E-state index contributed by atoms with van der Waals surface area (Å²) in [5.74, 6) is 0. The third-order valence-electron chi connectivity index (χ3n) is 4.13. The van der Waals surface area contributed by atoms with Crippen molar-refractivity contribution in [3.05, 3.63) is 0 Å². The molecule has 0 unspecified atom stereocenters. The van der Waals surface area contributed by atoms with Gasteiger partial charge >= 0.3 is 45.7 Å². The molecule has 0 fully saturated rings. The molecule has 224 valence electrons. The number of hydrogen-bond donors (Lipinski definition) is 0. The fourth-order valence-corrected chi connectivity index (χ4v) is 4.64. The average Bonchev–Trinajstić information content (AvgIpc) is 2.83. The van der Waals surface area contributed by atoms with Gasteiger partial charge in [0.05, 0.1) is 0 Å². The van der Waals surface area contributed by atoms with Crippen LogP contribution in [0.5, 0.6) is 0 Å². The molecular formula is C20H40N4O3Re2S8-4. The van der Waals surface area contributed by atoms with Crippen molar-refractivity contribution in [3.8, 4) is 0 Å². The molecule has 17 heteroatoms. The normalized spacial score (nSPS) is 8.65. The van der Waals surface area contributed by atoms with E-state index in [0.717, 1.165) is 52.4 Å². The van der Waals surface area contributed by atoms with E-state index in [1.54, 1.807) is 0 Å². The molecule has 0 spiro atoms. The SMILES string of the molecule is CCN(CC)C(=S)[S-].CCN(CC)C(=S)[S-].CCN(CC)C(=S)[S-].CCN(CC)C(=S)[S-].[O]=[Re][O][Re]=[O]. The molecule has 0 atom stereocenters. The van der Waals surface area contributed by atoms with E-state index in [2.05, 4.69) is 2.18 Å². The second-order valence-corrected chi connectivity index (χ2v) is 14.8. The number of hydrogen-bond acceptors (Lipinski definition) is 11. The van der Waals surface area contributed by atoms with E-state index in [-0.39, 0.29) is 0 Å². The number of thiocarbonyl (C=S) groups is 4. The number of rotatable bonds is 10. The van der Waals surface area contributed by atoms with Gasteiger partial charge in [-0.1, -0.05) is 17.3 Å². The van der Waals surface area contributed by atoms with Gasteiger partial charge in [0.25, 0.3) is 0 Å². The fourth-order valence-electron chi connectivity index (χ4n) is 1.94. The summed E-state index contributed by atoms with van der Waals surface area (Å²) < 4.78 is 24.9. The Bertz CT molecular complexity index is 516. The third-order valence-corrected chi connectivity index (χ3v) is 9.34. The average molecular weight is 1010 g/mol. The van der Waals surface area contributed by atoms with Crippen LogP contribution in [0.25, 0.3) is 0 Å². The van der Waals surface area contributed by atoms with E-state index in [1.807, 2.05) is 75.0 Å². The number of nitrogens with zero attached hydrogens (tertiary/aromatic N) is 4. The van der Waals surface area contributed by atoms with E-state index < -0.39 is 36.6 Å². The van der Waals surface area contributed by atoms with Crippen LogP contribution in [0.4, 0.5) is 0 Å². The van der Waals surface area contributed by atoms with Crippen molar-refractivity contribution in [2.24, 2.45) is 0 Å². The van der Waals surface area contributed by atoms with Gasteiger partial charge < -0.3 is 119 Å². The molecular weight excluding hydrogens is 973 g/mol. The molecule has 0 aromatic heterocycles. The van der Waals surface area contributed by atoms with Crippen LogP contribution in [0.15, 0.2) is 0 Å². The summed E-state index contributed by atoms with van der Waals surface area (Å²) in [7, 11) is 0. The molecule has 0 aliphatic heterocycles. The first kappa shape index (κ1) is 48.1. The van der Waals surface area contributed by atoms with Crippen molar-refractivity contribution in [2.45, 2.75) is 55.4 Å². The van der Waals surface area contributed by atoms with Gasteiger partial charge in [0, 0.05) is 52.4 Å². The summed E-state index contributed by atoms with van der Waals surface area (Å²) in [6.45, 7) is 23.8. The summed E-state index contributed by atoms with van der Waals surface area (Å²) in [5, 5.41) is 0. The molecule has 7 nitrogen and oxygen atoms in total. The van der Waals surface area contributed by atoms with Crippen molar-refractivity contribution in [1.82, 2.24) is 19.6 Å². The quantitative estimate of drug-likeness (QED) is 0.231. The molecule has 0 radical (unpaired) electrons. The third kappa shape index (κ3) is 37.3. The summed E-state index contributed by atoms with van der Waals surface area (Å²) in [4.78, 5) is 7.85. The van der Waals surface area contributed by atoms with Crippen LogP contribution in [0.1, 0.15) is 55.4 Å². The molecule has 0 amide bonds. The monoisotopic (exact) mass is 1010 g/mol. The summed E-state index contributed by atoms with van der Waals surface area (Å²) in [5.41, 5.74) is 0. The molecule has 0 saturated carbocycles. The van der Waals surface area contributed by atoms with Gasteiger partial charge in [0.1, 0.15) is 0 Å². The minimum atomic E-state index is -1.67. The molecule has 0 heterocycles. The Morgan fingerprint density at radius 1 is 0.486 bits per heavy atom. The zero-order chi connectivity index (χ0) is 30.4. The van der Waals surface area contributed by atoms with Crippen LogP contribution in [0, 0.1) is 0 Å². The predicted molar refractivity (Wildman–Crippen MR) is 174 cm³/mol. The van der Waals surface area contributed by atoms with Crippen LogP contribution in [0.3, 0.4) is 0 Å². The van der Waals surface area contributed by atoms with Crippen LogP contribution in [-0.4, -0.2) is 89.2 Å². The topological polar surface area (TPSA) is 56.3 Å². The predicted octanol–water partition coefficient (Wildman–Crippen LogP) is 4.33. The van der Waals surface area contributed by atoms with Crippen molar-refractivity contribution in [1.29, 1.82) is 0 Å². The summed E-state index contributed by atoms with van der Waals surface area (Å²) >= 11 is 34.7. The first-order valence-corrected chi connectivity index (χ1v) is 19.0. The molecule has 0 bridgehead atoms. The van der Waals surface area contributed by atoms with Crippen molar-refractivity contribution >= 4 is 117 Å². The van der Waals surface area contributed by atoms with Gasteiger partial charge in [0.15, 0.2) is 0 Å². The second-order valence-electron chi connectivity index (χ2n) is 5.94. The van der Waals surface area contributed by atoms with E-state index in [0.29, 0.717) is 17.3 Å². The maximum absolute atomic E-state index is 9.30. The molecule has 0 saturated heterocycles. The van der Waals surface area contributed by atoms with Gasteiger partial charge in [-0.05, 0) is 55.4 Å². The molecule has 0 aromatic rings. The minimum absolute atomic E-state index is 0.579. The van der Waals surface area contributed by atoms with E-state index in [4.69, 9.17) is 99.4 Å². The Morgan fingerprint density at radius 3 is 0.622 bits per heavy atom. The van der Waals surface area contributed by atoms with Gasteiger partial charge in [-0.2, -0.15) is 0 Å². The van der Waals surface area contributed by atoms with Gasteiger partial charge in [-0.3, -0.25) is 0 Å². The molecule has 0 rings (SSSR count). The van der Waals surface area contributed by atoms with E-state index in [9.17, 15) is 6.94 Å². The molecule has 0 aliphatic rings. The molecule has 37 heavy (non-hydrogen) atoms. The van der Waals surface area contributed by atoms with Crippen LogP contribution in [0.2, 0.25) is 0 Å². The molecule has 0 N–H and O–H groups in total. The van der Waals surface area contributed by atoms with Gasteiger partial charge in [-0.25, -0.2) is 0 Å². The van der Waals surface area contributed by atoms with Crippen LogP contribution >= 0.6 is 48.9 Å². The fraction of sp³-hybridized carbons (Fsp3) is 0.800. The summed E-state index contributed by atoms with van der Waals surface area (Å²) in [6.07, 6.45) is 0. The van der Waals surface area contributed by atoms with Crippen LogP contribution in [-0.2, 0) is 96.3 Å². The van der Waals surface area contributed by atoms with E-state index >= 15 is 0 Å². The van der Waals surface area contributed by atoms with Gasteiger partial charge in [0.2, 0.25) is 0 Å². The Balaban J connectivity index is -0.000000116. The summed E-state index contributed by atoms with van der Waals surface area (Å²) in [6, 6.07) is 0. The Hall–Kier alpha value is 1.32. The van der Waals surface area contributed by atoms with E-state index in [1.165, 1.54) is 0 Å². The zero-order valence-electron chi connectivity index (χ0n) is 22.7. The van der Waals surface area contributed by atoms with Crippen molar-refractivity contribution < 1.29 is 45.7 Å². The Labute approximate surface area is 286 Å². The first-order chi connectivity index (χ1) is 17.3. The zero-order valence-corrected chi connectivity index (χ0v) is 34.7. The Morgan fingerprint density at radius 2 is 0.622 bits per heavy atom. The van der Waals surface area contributed by atoms with Crippen LogP contribution < -0.4 is 0 Å². The van der Waals surface area contributed by atoms with Crippen molar-refractivity contribution in [2.75, 3.05) is 52.4 Å². The maximum atomic E-state index is 9.30. The first-order valence-electron chi connectivity index (χ1n) is 11.3. The van der Waals surface area contributed by atoms with Crippen molar-refractivity contribution in [3.63, 3.8) is 0 Å². The molecule has 0 aromatic carbocycles. The standard InChI is InChI=1S/4C5H11NS2.3O.2Re/c4*1-3-6(4-2)5(7)8;;;;;/h4*3-4H2,1-2H3,(H,7,8);;;;;/p-4. The Kier molecular flexibility index (Phi) is 48.5. The molecule has 0 aliphatic carbocycles.